The topological polar surface area (TPSA) is 30.2 Å². The predicted octanol–water partition coefficient (Wildman–Crippen LogP) is 5.03. The molecule has 0 unspecified atom stereocenters. The zero-order valence-electron chi connectivity index (χ0n) is 12.6. The van der Waals surface area contributed by atoms with Crippen molar-refractivity contribution in [2.45, 2.75) is 6.92 Å². The average molecular weight is 320 g/mol. The fourth-order valence-electron chi connectivity index (χ4n) is 2.68. The molecule has 0 fully saturated rings. The number of hydrogen-bond acceptors (Lipinski definition) is 2. The predicted molar refractivity (Wildman–Crippen MR) is 93.6 cm³/mol. The standard InChI is InChI=1S/C19H14ClN3/c1-13-3-5-14(6-4-13)17-18(15-7-9-16(20)10-8-15)23-12-2-11-21-19(23)22-17/h2-12H,1H3. The lowest BCUT2D eigenvalue weighted by molar-refractivity contribution is 1.11. The molecule has 0 spiro atoms. The van der Waals surface area contributed by atoms with E-state index in [4.69, 9.17) is 16.6 Å². The van der Waals surface area contributed by atoms with Crippen molar-refractivity contribution in [3.63, 3.8) is 0 Å². The van der Waals surface area contributed by atoms with Crippen molar-refractivity contribution < 1.29 is 0 Å². The number of nitrogens with zero attached hydrogens (tertiary/aromatic N) is 3. The highest BCUT2D eigenvalue weighted by atomic mass is 35.5. The van der Waals surface area contributed by atoms with Crippen LogP contribution < -0.4 is 0 Å². The molecular formula is C19H14ClN3. The van der Waals surface area contributed by atoms with Crippen LogP contribution in [0.4, 0.5) is 0 Å². The molecule has 4 rings (SSSR count). The normalized spacial score (nSPS) is 11.0. The molecule has 0 amide bonds. The summed E-state index contributed by atoms with van der Waals surface area (Å²) < 4.78 is 2.01. The lowest BCUT2D eigenvalue weighted by Gasteiger charge is -2.06. The van der Waals surface area contributed by atoms with E-state index < -0.39 is 0 Å². The van der Waals surface area contributed by atoms with Gasteiger partial charge in [0.05, 0.1) is 11.4 Å². The van der Waals surface area contributed by atoms with Crippen LogP contribution in [-0.4, -0.2) is 14.4 Å². The number of aryl methyl sites for hydroxylation is 1. The van der Waals surface area contributed by atoms with Crippen molar-refractivity contribution in [1.29, 1.82) is 0 Å². The van der Waals surface area contributed by atoms with Crippen molar-refractivity contribution in [2.75, 3.05) is 0 Å². The summed E-state index contributed by atoms with van der Waals surface area (Å²) in [6, 6.07) is 18.1. The van der Waals surface area contributed by atoms with Gasteiger partial charge in [-0.2, -0.15) is 0 Å². The molecule has 0 aliphatic carbocycles. The molecule has 0 aliphatic heterocycles. The van der Waals surface area contributed by atoms with Gasteiger partial charge in [-0.1, -0.05) is 53.6 Å². The molecule has 4 aromatic rings. The number of imidazole rings is 1. The molecular weight excluding hydrogens is 306 g/mol. The van der Waals surface area contributed by atoms with Crippen molar-refractivity contribution in [3.8, 4) is 22.5 Å². The number of fused-ring (bicyclic) bond motifs is 1. The molecule has 23 heavy (non-hydrogen) atoms. The summed E-state index contributed by atoms with van der Waals surface area (Å²) in [5.41, 5.74) is 5.31. The summed E-state index contributed by atoms with van der Waals surface area (Å²) in [7, 11) is 0. The van der Waals surface area contributed by atoms with Gasteiger partial charge in [0, 0.05) is 28.5 Å². The Labute approximate surface area is 139 Å². The van der Waals surface area contributed by atoms with Crippen LogP contribution in [0.25, 0.3) is 28.3 Å². The van der Waals surface area contributed by atoms with Gasteiger partial charge in [0.1, 0.15) is 0 Å². The van der Waals surface area contributed by atoms with Gasteiger partial charge in [0.25, 0.3) is 0 Å². The molecule has 2 heterocycles. The van der Waals surface area contributed by atoms with E-state index in [1.807, 2.05) is 40.9 Å². The number of benzene rings is 2. The van der Waals surface area contributed by atoms with Gasteiger partial charge in [0.2, 0.25) is 5.78 Å². The van der Waals surface area contributed by atoms with Gasteiger partial charge in [-0.15, -0.1) is 0 Å². The summed E-state index contributed by atoms with van der Waals surface area (Å²) in [5.74, 6) is 0.688. The van der Waals surface area contributed by atoms with Crippen LogP contribution in [0.1, 0.15) is 5.56 Å². The lowest BCUT2D eigenvalue weighted by Crippen LogP contribution is -1.90. The van der Waals surface area contributed by atoms with E-state index in [0.29, 0.717) is 5.78 Å². The van der Waals surface area contributed by atoms with Crippen LogP contribution in [-0.2, 0) is 0 Å². The summed E-state index contributed by atoms with van der Waals surface area (Å²) >= 11 is 6.03. The molecule has 0 saturated carbocycles. The van der Waals surface area contributed by atoms with Crippen molar-refractivity contribution in [1.82, 2.24) is 14.4 Å². The number of rotatable bonds is 2. The van der Waals surface area contributed by atoms with Crippen LogP contribution in [0.2, 0.25) is 5.02 Å². The maximum Gasteiger partial charge on any atom is 0.234 e. The minimum atomic E-state index is 0.688. The average Bonchev–Trinajstić information content (AvgIpc) is 2.96. The molecule has 2 aromatic carbocycles. The Morgan fingerprint density at radius 1 is 0.913 bits per heavy atom. The Balaban J connectivity index is 2.01. The van der Waals surface area contributed by atoms with Gasteiger partial charge < -0.3 is 0 Å². The molecule has 0 N–H and O–H groups in total. The van der Waals surface area contributed by atoms with E-state index in [2.05, 4.69) is 36.2 Å². The van der Waals surface area contributed by atoms with Crippen LogP contribution in [0, 0.1) is 6.92 Å². The largest absolute Gasteiger partial charge is 0.283 e. The highest BCUT2D eigenvalue weighted by Gasteiger charge is 2.16. The Bertz CT molecular complexity index is 970. The fourth-order valence-corrected chi connectivity index (χ4v) is 2.81. The smallest absolute Gasteiger partial charge is 0.234 e. The monoisotopic (exact) mass is 319 g/mol. The Morgan fingerprint density at radius 3 is 2.35 bits per heavy atom. The third kappa shape index (κ3) is 2.49. The lowest BCUT2D eigenvalue weighted by atomic mass is 10.0. The highest BCUT2D eigenvalue weighted by molar-refractivity contribution is 6.30. The first kappa shape index (κ1) is 14.0. The number of halogens is 1. The van der Waals surface area contributed by atoms with E-state index in [1.54, 1.807) is 6.20 Å². The fraction of sp³-hybridized carbons (Fsp3) is 0.0526. The summed E-state index contributed by atoms with van der Waals surface area (Å²) in [6.45, 7) is 2.08. The maximum absolute atomic E-state index is 6.03. The van der Waals surface area contributed by atoms with E-state index in [-0.39, 0.29) is 0 Å². The van der Waals surface area contributed by atoms with Crippen molar-refractivity contribution >= 4 is 17.4 Å². The summed E-state index contributed by atoms with van der Waals surface area (Å²) in [4.78, 5) is 9.10. The first-order chi connectivity index (χ1) is 11.2. The summed E-state index contributed by atoms with van der Waals surface area (Å²) in [5, 5.41) is 0.720. The van der Waals surface area contributed by atoms with E-state index in [1.165, 1.54) is 5.56 Å². The van der Waals surface area contributed by atoms with E-state index in [9.17, 15) is 0 Å². The van der Waals surface area contributed by atoms with Crippen LogP contribution in [0.15, 0.2) is 67.0 Å². The van der Waals surface area contributed by atoms with Crippen LogP contribution in [0.5, 0.6) is 0 Å². The second kappa shape index (κ2) is 5.52. The molecule has 0 aliphatic rings. The van der Waals surface area contributed by atoms with Crippen molar-refractivity contribution in [2.24, 2.45) is 0 Å². The van der Waals surface area contributed by atoms with Crippen molar-refractivity contribution in [3.05, 3.63) is 77.6 Å². The number of aromatic nitrogens is 3. The zero-order chi connectivity index (χ0) is 15.8. The second-order valence-electron chi connectivity index (χ2n) is 5.47. The second-order valence-corrected chi connectivity index (χ2v) is 5.91. The Morgan fingerprint density at radius 2 is 1.61 bits per heavy atom. The van der Waals surface area contributed by atoms with Crippen LogP contribution in [0.3, 0.4) is 0 Å². The third-order valence-corrected chi connectivity index (χ3v) is 4.10. The molecule has 3 nitrogen and oxygen atoms in total. The molecule has 4 heteroatoms. The maximum atomic E-state index is 6.03. The highest BCUT2D eigenvalue weighted by Crippen LogP contribution is 2.32. The molecule has 112 valence electrons. The first-order valence-corrected chi connectivity index (χ1v) is 7.76. The van der Waals surface area contributed by atoms with Gasteiger partial charge in [-0.25, -0.2) is 9.97 Å². The van der Waals surface area contributed by atoms with E-state index >= 15 is 0 Å². The van der Waals surface area contributed by atoms with Gasteiger partial charge in [-0.05, 0) is 25.1 Å². The third-order valence-electron chi connectivity index (χ3n) is 3.85. The van der Waals surface area contributed by atoms with Gasteiger partial charge >= 0.3 is 0 Å². The van der Waals surface area contributed by atoms with Crippen LogP contribution >= 0.6 is 11.6 Å². The summed E-state index contributed by atoms with van der Waals surface area (Å²) in [6.07, 6.45) is 3.74. The molecule has 0 bridgehead atoms. The Hall–Kier alpha value is -2.65. The SMILES string of the molecule is Cc1ccc(-c2nc3ncccn3c2-c2ccc(Cl)cc2)cc1. The molecule has 0 saturated heterocycles. The van der Waals surface area contributed by atoms with E-state index in [0.717, 1.165) is 27.5 Å². The minimum Gasteiger partial charge on any atom is -0.283 e. The number of hydrogen-bond donors (Lipinski definition) is 0. The Kier molecular flexibility index (Phi) is 3.36. The first-order valence-electron chi connectivity index (χ1n) is 7.38. The minimum absolute atomic E-state index is 0.688. The quantitative estimate of drug-likeness (QED) is 0.519. The zero-order valence-corrected chi connectivity index (χ0v) is 13.3. The van der Waals surface area contributed by atoms with Gasteiger partial charge in [-0.3, -0.25) is 4.40 Å². The molecule has 2 aromatic heterocycles. The molecule has 0 radical (unpaired) electrons. The van der Waals surface area contributed by atoms with Gasteiger partial charge in [0.15, 0.2) is 0 Å². The molecule has 0 atom stereocenters.